The van der Waals surface area contributed by atoms with E-state index >= 15 is 0 Å². The predicted molar refractivity (Wildman–Crippen MR) is 61.9 cm³/mol. The van der Waals surface area contributed by atoms with Gasteiger partial charge in [-0.2, -0.15) is 0 Å². The number of hydrogen-bond acceptors (Lipinski definition) is 2. The molecule has 0 saturated carbocycles. The van der Waals surface area contributed by atoms with E-state index in [9.17, 15) is 0 Å². The van der Waals surface area contributed by atoms with E-state index in [1.165, 1.54) is 24.0 Å². The van der Waals surface area contributed by atoms with Crippen LogP contribution in [0.1, 0.15) is 24.0 Å². The monoisotopic (exact) mass is 202 g/mol. The Balaban J connectivity index is 2.07. The van der Waals surface area contributed by atoms with Crippen LogP contribution in [-0.2, 0) is 11.8 Å². The van der Waals surface area contributed by atoms with E-state index in [0.717, 1.165) is 19.5 Å². The predicted octanol–water partition coefficient (Wildman–Crippen LogP) is 1.19. The van der Waals surface area contributed by atoms with E-state index in [1.54, 1.807) is 0 Å². The number of piperidine rings is 1. The zero-order valence-electron chi connectivity index (χ0n) is 9.00. The fourth-order valence-electron chi connectivity index (χ4n) is 3.33. The van der Waals surface area contributed by atoms with Crippen molar-refractivity contribution in [3.8, 4) is 0 Å². The third-order valence-electron chi connectivity index (χ3n) is 4.20. The average Bonchev–Trinajstić information content (AvgIpc) is 2.55. The SMILES string of the molecule is N[C@@H]1Cc2ccccc2C12CCNCC2. The van der Waals surface area contributed by atoms with Crippen LogP contribution >= 0.6 is 0 Å². The lowest BCUT2D eigenvalue weighted by atomic mass is 9.72. The Morgan fingerprint density at radius 2 is 1.93 bits per heavy atom. The van der Waals surface area contributed by atoms with Gasteiger partial charge in [-0.15, -0.1) is 0 Å². The first-order chi connectivity index (χ1) is 7.33. The molecule has 1 aliphatic heterocycles. The summed E-state index contributed by atoms with van der Waals surface area (Å²) in [6.07, 6.45) is 3.46. The van der Waals surface area contributed by atoms with E-state index in [2.05, 4.69) is 29.6 Å². The standard InChI is InChI=1S/C13H18N2/c14-12-9-10-3-1-2-4-11(10)13(12)5-7-15-8-6-13/h1-4,12,15H,5-9,14H2/t12-/m1/s1. The quantitative estimate of drug-likeness (QED) is 0.663. The fourth-order valence-corrected chi connectivity index (χ4v) is 3.33. The molecule has 3 N–H and O–H groups in total. The molecule has 1 spiro atoms. The van der Waals surface area contributed by atoms with Crippen LogP contribution in [0, 0.1) is 0 Å². The van der Waals surface area contributed by atoms with Gasteiger partial charge in [0.25, 0.3) is 0 Å². The van der Waals surface area contributed by atoms with Crippen molar-refractivity contribution >= 4 is 0 Å². The van der Waals surface area contributed by atoms with Crippen LogP contribution in [0.2, 0.25) is 0 Å². The maximum Gasteiger partial charge on any atom is 0.0178 e. The van der Waals surface area contributed by atoms with Crippen molar-refractivity contribution in [2.75, 3.05) is 13.1 Å². The summed E-state index contributed by atoms with van der Waals surface area (Å²) >= 11 is 0. The first-order valence-corrected chi connectivity index (χ1v) is 5.88. The minimum Gasteiger partial charge on any atom is -0.327 e. The molecule has 1 aliphatic carbocycles. The lowest BCUT2D eigenvalue weighted by Crippen LogP contribution is -2.49. The van der Waals surface area contributed by atoms with Crippen molar-refractivity contribution < 1.29 is 0 Å². The van der Waals surface area contributed by atoms with Crippen LogP contribution in [0.5, 0.6) is 0 Å². The second-order valence-electron chi connectivity index (χ2n) is 4.87. The smallest absolute Gasteiger partial charge is 0.0178 e. The molecule has 3 rings (SSSR count). The van der Waals surface area contributed by atoms with Crippen molar-refractivity contribution in [1.29, 1.82) is 0 Å². The molecule has 1 fully saturated rings. The molecule has 15 heavy (non-hydrogen) atoms. The molecule has 0 unspecified atom stereocenters. The molecule has 0 amide bonds. The number of rotatable bonds is 0. The number of fused-ring (bicyclic) bond motifs is 2. The Bertz CT molecular complexity index is 367. The zero-order chi connectivity index (χ0) is 10.3. The van der Waals surface area contributed by atoms with Crippen LogP contribution < -0.4 is 11.1 Å². The molecule has 1 aromatic rings. The molecule has 80 valence electrons. The van der Waals surface area contributed by atoms with E-state index in [0.29, 0.717) is 6.04 Å². The fraction of sp³-hybridized carbons (Fsp3) is 0.538. The summed E-state index contributed by atoms with van der Waals surface area (Å²) in [5.41, 5.74) is 9.65. The van der Waals surface area contributed by atoms with Gasteiger partial charge in [0.1, 0.15) is 0 Å². The number of nitrogens with two attached hydrogens (primary N) is 1. The topological polar surface area (TPSA) is 38.0 Å². The Morgan fingerprint density at radius 1 is 1.20 bits per heavy atom. The molecule has 1 aromatic carbocycles. The molecule has 1 heterocycles. The van der Waals surface area contributed by atoms with Gasteiger partial charge < -0.3 is 11.1 Å². The summed E-state index contributed by atoms with van der Waals surface area (Å²) in [4.78, 5) is 0. The van der Waals surface area contributed by atoms with Crippen molar-refractivity contribution in [3.63, 3.8) is 0 Å². The molecule has 1 saturated heterocycles. The molecule has 2 aliphatic rings. The second-order valence-corrected chi connectivity index (χ2v) is 4.87. The van der Waals surface area contributed by atoms with E-state index in [4.69, 9.17) is 5.73 Å². The van der Waals surface area contributed by atoms with Gasteiger partial charge in [-0.3, -0.25) is 0 Å². The minimum absolute atomic E-state index is 0.280. The number of nitrogens with one attached hydrogen (secondary N) is 1. The summed E-state index contributed by atoms with van der Waals surface area (Å²) in [5.74, 6) is 0. The lowest BCUT2D eigenvalue weighted by molar-refractivity contribution is 0.273. The van der Waals surface area contributed by atoms with Crippen molar-refractivity contribution in [1.82, 2.24) is 5.32 Å². The number of hydrogen-bond donors (Lipinski definition) is 2. The Morgan fingerprint density at radius 3 is 2.73 bits per heavy atom. The Labute approximate surface area is 90.9 Å². The highest BCUT2D eigenvalue weighted by Crippen LogP contribution is 2.44. The number of benzene rings is 1. The van der Waals surface area contributed by atoms with Crippen LogP contribution in [-0.4, -0.2) is 19.1 Å². The largest absolute Gasteiger partial charge is 0.327 e. The van der Waals surface area contributed by atoms with Gasteiger partial charge in [-0.25, -0.2) is 0 Å². The van der Waals surface area contributed by atoms with Gasteiger partial charge in [0, 0.05) is 11.5 Å². The Kier molecular flexibility index (Phi) is 2.08. The Hall–Kier alpha value is -0.860. The van der Waals surface area contributed by atoms with Crippen molar-refractivity contribution in [3.05, 3.63) is 35.4 Å². The summed E-state index contributed by atoms with van der Waals surface area (Å²) in [6, 6.07) is 9.14. The van der Waals surface area contributed by atoms with Gasteiger partial charge in [-0.05, 0) is 43.5 Å². The molecule has 0 bridgehead atoms. The summed E-state index contributed by atoms with van der Waals surface area (Å²) in [5, 5.41) is 3.43. The normalized spacial score (nSPS) is 27.9. The van der Waals surface area contributed by atoms with Crippen LogP contribution in [0.15, 0.2) is 24.3 Å². The van der Waals surface area contributed by atoms with Crippen molar-refractivity contribution in [2.24, 2.45) is 5.73 Å². The summed E-state index contributed by atoms with van der Waals surface area (Å²) in [6.45, 7) is 2.23. The van der Waals surface area contributed by atoms with E-state index in [-0.39, 0.29) is 5.41 Å². The molecule has 0 aromatic heterocycles. The molecule has 0 radical (unpaired) electrons. The second kappa shape index (κ2) is 3.32. The minimum atomic E-state index is 0.280. The first kappa shape index (κ1) is 9.37. The molecule has 2 nitrogen and oxygen atoms in total. The highest BCUT2D eigenvalue weighted by Gasteiger charge is 2.44. The highest BCUT2D eigenvalue weighted by atomic mass is 14.9. The maximum atomic E-state index is 6.37. The van der Waals surface area contributed by atoms with Crippen LogP contribution in [0.25, 0.3) is 0 Å². The summed E-state index contributed by atoms with van der Waals surface area (Å²) in [7, 11) is 0. The lowest BCUT2D eigenvalue weighted by Gasteiger charge is -2.38. The highest BCUT2D eigenvalue weighted by molar-refractivity contribution is 5.42. The van der Waals surface area contributed by atoms with E-state index in [1.807, 2.05) is 0 Å². The molecule has 1 atom stereocenters. The van der Waals surface area contributed by atoms with Crippen LogP contribution in [0.4, 0.5) is 0 Å². The van der Waals surface area contributed by atoms with Gasteiger partial charge >= 0.3 is 0 Å². The molecular weight excluding hydrogens is 184 g/mol. The van der Waals surface area contributed by atoms with Crippen LogP contribution in [0.3, 0.4) is 0 Å². The van der Waals surface area contributed by atoms with E-state index < -0.39 is 0 Å². The van der Waals surface area contributed by atoms with Gasteiger partial charge in [-0.1, -0.05) is 24.3 Å². The van der Waals surface area contributed by atoms with Gasteiger partial charge in [0.2, 0.25) is 0 Å². The average molecular weight is 202 g/mol. The van der Waals surface area contributed by atoms with Gasteiger partial charge in [0.05, 0.1) is 0 Å². The molecule has 2 heteroatoms. The third kappa shape index (κ3) is 1.25. The summed E-state index contributed by atoms with van der Waals surface area (Å²) < 4.78 is 0. The maximum absolute atomic E-state index is 6.37. The third-order valence-corrected chi connectivity index (χ3v) is 4.20. The first-order valence-electron chi connectivity index (χ1n) is 5.88. The van der Waals surface area contributed by atoms with Crippen molar-refractivity contribution in [2.45, 2.75) is 30.7 Å². The zero-order valence-corrected chi connectivity index (χ0v) is 9.00. The van der Waals surface area contributed by atoms with Gasteiger partial charge in [0.15, 0.2) is 0 Å². The molecular formula is C13H18N2.